The van der Waals surface area contributed by atoms with E-state index in [2.05, 4.69) is 20.4 Å². The van der Waals surface area contributed by atoms with Crippen molar-refractivity contribution < 1.29 is 14.9 Å². The molecule has 0 amide bonds. The molecule has 8 nitrogen and oxygen atoms in total. The Kier molecular flexibility index (Phi) is 5.19. The number of para-hydroxylation sites is 1. The summed E-state index contributed by atoms with van der Waals surface area (Å²) in [6, 6.07) is 9.33. The van der Waals surface area contributed by atoms with Crippen molar-refractivity contribution in [2.45, 2.75) is 12.6 Å². The molecule has 0 fully saturated rings. The summed E-state index contributed by atoms with van der Waals surface area (Å²) in [4.78, 5) is 8.36. The number of aliphatic hydroxyl groups is 2. The Morgan fingerprint density at radius 2 is 2.04 bits per heavy atom. The number of fused-ring (bicyclic) bond motifs is 1. The van der Waals surface area contributed by atoms with Crippen LogP contribution in [0.3, 0.4) is 0 Å². The zero-order valence-electron chi connectivity index (χ0n) is 13.0. The third-order valence-corrected chi connectivity index (χ3v) is 3.44. The van der Waals surface area contributed by atoms with Crippen molar-refractivity contribution in [3.8, 4) is 5.75 Å². The lowest BCUT2D eigenvalue weighted by molar-refractivity contribution is 0.117. The highest BCUT2D eigenvalue weighted by Crippen LogP contribution is 2.18. The Labute approximate surface area is 138 Å². The smallest absolute Gasteiger partial charge is 0.163 e. The first-order valence-electron chi connectivity index (χ1n) is 7.65. The standard InChI is InChI=1S/C16H19N5O3/c22-7-6-21-16-14(9-20-21)15(18-11-19-16)17-8-12(23)10-24-13-4-2-1-3-5-13/h1-5,9,11-12,22-23H,6-8,10H2,(H,17,18,19)/t12-/m0/s1. The van der Waals surface area contributed by atoms with Crippen LogP contribution in [0.4, 0.5) is 5.82 Å². The first kappa shape index (κ1) is 16.2. The molecule has 2 heterocycles. The van der Waals surface area contributed by atoms with E-state index in [9.17, 15) is 5.11 Å². The van der Waals surface area contributed by atoms with Crippen molar-refractivity contribution in [3.05, 3.63) is 42.9 Å². The van der Waals surface area contributed by atoms with E-state index in [-0.39, 0.29) is 19.8 Å². The van der Waals surface area contributed by atoms with E-state index in [1.54, 1.807) is 10.9 Å². The number of rotatable bonds is 8. The molecule has 0 aliphatic rings. The van der Waals surface area contributed by atoms with Gasteiger partial charge in [-0.3, -0.25) is 0 Å². The fourth-order valence-corrected chi connectivity index (χ4v) is 2.27. The molecule has 24 heavy (non-hydrogen) atoms. The molecule has 2 aromatic heterocycles. The van der Waals surface area contributed by atoms with Crippen LogP contribution in [0.2, 0.25) is 0 Å². The van der Waals surface area contributed by atoms with Crippen LogP contribution in [0.25, 0.3) is 11.0 Å². The minimum absolute atomic E-state index is 0.0148. The summed E-state index contributed by atoms with van der Waals surface area (Å²) in [6.45, 7) is 0.811. The molecule has 0 aliphatic heterocycles. The summed E-state index contributed by atoms with van der Waals surface area (Å²) in [5, 5.41) is 27.1. The van der Waals surface area contributed by atoms with Gasteiger partial charge in [0.15, 0.2) is 5.65 Å². The van der Waals surface area contributed by atoms with Crippen LogP contribution >= 0.6 is 0 Å². The zero-order valence-corrected chi connectivity index (χ0v) is 13.0. The monoisotopic (exact) mass is 329 g/mol. The van der Waals surface area contributed by atoms with Gasteiger partial charge < -0.3 is 20.3 Å². The minimum Gasteiger partial charge on any atom is -0.491 e. The van der Waals surface area contributed by atoms with Gasteiger partial charge in [-0.05, 0) is 12.1 Å². The quantitative estimate of drug-likeness (QED) is 0.558. The van der Waals surface area contributed by atoms with E-state index < -0.39 is 6.10 Å². The van der Waals surface area contributed by atoms with Crippen LogP contribution < -0.4 is 10.1 Å². The van der Waals surface area contributed by atoms with Crippen LogP contribution in [0, 0.1) is 0 Å². The predicted octanol–water partition coefficient (Wildman–Crippen LogP) is 0.670. The number of hydrogen-bond donors (Lipinski definition) is 3. The Balaban J connectivity index is 1.59. The van der Waals surface area contributed by atoms with Crippen molar-refractivity contribution in [1.82, 2.24) is 19.7 Å². The molecule has 0 aliphatic carbocycles. The number of anilines is 1. The van der Waals surface area contributed by atoms with Crippen molar-refractivity contribution in [2.75, 3.05) is 25.1 Å². The molecule has 1 aromatic carbocycles. The third-order valence-electron chi connectivity index (χ3n) is 3.44. The number of nitrogens with zero attached hydrogens (tertiary/aromatic N) is 4. The Bertz CT molecular complexity index is 778. The van der Waals surface area contributed by atoms with Gasteiger partial charge in [0.2, 0.25) is 0 Å². The zero-order chi connectivity index (χ0) is 16.8. The molecule has 0 spiro atoms. The summed E-state index contributed by atoms with van der Waals surface area (Å²) in [5.41, 5.74) is 0.636. The molecule has 0 radical (unpaired) electrons. The molecule has 0 saturated carbocycles. The summed E-state index contributed by atoms with van der Waals surface area (Å²) in [5.74, 6) is 1.30. The van der Waals surface area contributed by atoms with Crippen LogP contribution in [-0.2, 0) is 6.54 Å². The Hall–Kier alpha value is -2.71. The van der Waals surface area contributed by atoms with Gasteiger partial charge in [0.25, 0.3) is 0 Å². The number of ether oxygens (including phenoxy) is 1. The fraction of sp³-hybridized carbons (Fsp3) is 0.312. The van der Waals surface area contributed by atoms with Gasteiger partial charge in [0.1, 0.15) is 30.6 Å². The minimum atomic E-state index is -0.692. The molecule has 8 heteroatoms. The number of aliphatic hydroxyl groups excluding tert-OH is 2. The molecular formula is C16H19N5O3. The largest absolute Gasteiger partial charge is 0.491 e. The highest BCUT2D eigenvalue weighted by molar-refractivity contribution is 5.86. The van der Waals surface area contributed by atoms with Gasteiger partial charge in [0, 0.05) is 6.54 Å². The normalized spacial score (nSPS) is 12.2. The molecule has 3 N–H and O–H groups in total. The molecule has 3 rings (SSSR count). The van der Waals surface area contributed by atoms with Gasteiger partial charge in [-0.1, -0.05) is 18.2 Å². The van der Waals surface area contributed by atoms with Crippen LogP contribution in [0.15, 0.2) is 42.9 Å². The van der Waals surface area contributed by atoms with Crippen molar-refractivity contribution >= 4 is 16.9 Å². The SMILES string of the molecule is OCCn1ncc2c(NC[C@H](O)COc3ccccc3)ncnc21. The maximum absolute atomic E-state index is 10.0. The van der Waals surface area contributed by atoms with E-state index in [0.29, 0.717) is 23.8 Å². The summed E-state index contributed by atoms with van der Waals surface area (Å²) < 4.78 is 7.12. The van der Waals surface area contributed by atoms with E-state index in [1.807, 2.05) is 30.3 Å². The highest BCUT2D eigenvalue weighted by atomic mass is 16.5. The Morgan fingerprint density at radius 1 is 1.21 bits per heavy atom. The molecule has 0 saturated heterocycles. The predicted molar refractivity (Wildman–Crippen MR) is 88.8 cm³/mol. The summed E-state index contributed by atoms with van der Waals surface area (Å²) >= 11 is 0. The maximum atomic E-state index is 10.0. The first-order chi connectivity index (χ1) is 11.8. The molecule has 0 unspecified atom stereocenters. The van der Waals surface area contributed by atoms with Gasteiger partial charge in [-0.2, -0.15) is 5.10 Å². The molecule has 1 atom stereocenters. The fourth-order valence-electron chi connectivity index (χ4n) is 2.27. The lowest BCUT2D eigenvalue weighted by Gasteiger charge is -2.13. The molecule has 126 valence electrons. The van der Waals surface area contributed by atoms with Crippen LogP contribution in [-0.4, -0.2) is 55.8 Å². The van der Waals surface area contributed by atoms with Gasteiger partial charge in [-0.25, -0.2) is 14.6 Å². The lowest BCUT2D eigenvalue weighted by Crippen LogP contribution is -2.26. The van der Waals surface area contributed by atoms with Gasteiger partial charge in [0.05, 0.1) is 24.7 Å². The average molecular weight is 329 g/mol. The second-order valence-corrected chi connectivity index (χ2v) is 5.21. The van der Waals surface area contributed by atoms with Gasteiger partial charge >= 0.3 is 0 Å². The van der Waals surface area contributed by atoms with Crippen LogP contribution in [0.5, 0.6) is 5.75 Å². The third kappa shape index (κ3) is 3.79. The van der Waals surface area contributed by atoms with E-state index >= 15 is 0 Å². The van der Waals surface area contributed by atoms with E-state index in [4.69, 9.17) is 9.84 Å². The van der Waals surface area contributed by atoms with Crippen LogP contribution in [0.1, 0.15) is 0 Å². The molecule has 3 aromatic rings. The second-order valence-electron chi connectivity index (χ2n) is 5.21. The summed E-state index contributed by atoms with van der Waals surface area (Å²) in [7, 11) is 0. The number of hydrogen-bond acceptors (Lipinski definition) is 7. The topological polar surface area (TPSA) is 105 Å². The maximum Gasteiger partial charge on any atom is 0.163 e. The summed E-state index contributed by atoms with van der Waals surface area (Å²) in [6.07, 6.45) is 2.37. The first-order valence-corrected chi connectivity index (χ1v) is 7.65. The number of nitrogens with one attached hydrogen (secondary N) is 1. The van der Waals surface area contributed by atoms with Crippen molar-refractivity contribution in [2.24, 2.45) is 0 Å². The van der Waals surface area contributed by atoms with Crippen molar-refractivity contribution in [1.29, 1.82) is 0 Å². The lowest BCUT2D eigenvalue weighted by atomic mass is 10.3. The Morgan fingerprint density at radius 3 is 2.83 bits per heavy atom. The van der Waals surface area contributed by atoms with Gasteiger partial charge in [-0.15, -0.1) is 0 Å². The van der Waals surface area contributed by atoms with Crippen molar-refractivity contribution in [3.63, 3.8) is 0 Å². The number of aromatic nitrogens is 4. The van der Waals surface area contributed by atoms with E-state index in [1.165, 1.54) is 6.33 Å². The average Bonchev–Trinajstić information content (AvgIpc) is 3.03. The molecule has 0 bridgehead atoms. The highest BCUT2D eigenvalue weighted by Gasteiger charge is 2.11. The number of benzene rings is 1. The second kappa shape index (κ2) is 7.71. The van der Waals surface area contributed by atoms with E-state index in [0.717, 1.165) is 5.39 Å². The molecular weight excluding hydrogens is 310 g/mol.